The molecule has 0 spiro atoms. The van der Waals surface area contributed by atoms with Gasteiger partial charge in [-0.25, -0.2) is 0 Å². The highest BCUT2D eigenvalue weighted by Gasteiger charge is 2.12. The van der Waals surface area contributed by atoms with E-state index in [1.165, 1.54) is 25.3 Å². The van der Waals surface area contributed by atoms with Gasteiger partial charge < -0.3 is 0 Å². The molecule has 0 amide bonds. The summed E-state index contributed by atoms with van der Waals surface area (Å²) in [4.78, 5) is 0. The topological polar surface area (TPSA) is 0 Å². The molecule has 0 aromatic rings. The van der Waals surface area contributed by atoms with Gasteiger partial charge in [-0.1, -0.05) is 51.5 Å². The summed E-state index contributed by atoms with van der Waals surface area (Å²) >= 11 is 0. The van der Waals surface area contributed by atoms with Gasteiger partial charge in [0.1, 0.15) is 0 Å². The van der Waals surface area contributed by atoms with Crippen molar-refractivity contribution in [1.29, 1.82) is 0 Å². The molecule has 0 aromatic carbocycles. The van der Waals surface area contributed by atoms with Gasteiger partial charge in [0.05, 0.1) is 0 Å². The maximum Gasteiger partial charge on any atom is 0.0442 e. The third-order valence-electron chi connectivity index (χ3n) is 2.19. The van der Waals surface area contributed by atoms with Gasteiger partial charge in [0.15, 0.2) is 0 Å². The van der Waals surface area contributed by atoms with Crippen LogP contribution in [-0.4, -0.2) is 8.07 Å². The molecule has 0 N–H and O–H groups in total. The average molecular weight is 184 g/mol. The van der Waals surface area contributed by atoms with Crippen molar-refractivity contribution in [2.45, 2.75) is 51.9 Å². The zero-order valence-electron chi connectivity index (χ0n) is 9.19. The van der Waals surface area contributed by atoms with Crippen LogP contribution in [0.25, 0.3) is 0 Å². The Kier molecular flexibility index (Phi) is 5.56. The Morgan fingerprint density at radius 2 is 1.92 bits per heavy atom. The maximum atomic E-state index is 3.77. The number of allylic oxidation sites excluding steroid dienone is 1. The second-order valence-corrected chi connectivity index (χ2v) is 10.7. The fraction of sp³-hybridized carbons (Fsp3) is 0.818. The molecule has 1 unspecified atom stereocenters. The van der Waals surface area contributed by atoms with Gasteiger partial charge in [-0.2, -0.15) is 0 Å². The second kappa shape index (κ2) is 5.58. The van der Waals surface area contributed by atoms with Crippen molar-refractivity contribution in [3.8, 4) is 0 Å². The van der Waals surface area contributed by atoms with Crippen LogP contribution in [0.4, 0.5) is 0 Å². The summed E-state index contributed by atoms with van der Waals surface area (Å²) in [6, 6.07) is 1.48. The third kappa shape index (κ3) is 8.06. The Bertz CT molecular complexity index is 121. The quantitative estimate of drug-likeness (QED) is 0.426. The van der Waals surface area contributed by atoms with Crippen LogP contribution in [0, 0.1) is 5.92 Å². The lowest BCUT2D eigenvalue weighted by atomic mass is 10.0. The zero-order chi connectivity index (χ0) is 9.61. The summed E-state index contributed by atoms with van der Waals surface area (Å²) in [5.74, 6) is 0.846. The van der Waals surface area contributed by atoms with Crippen molar-refractivity contribution in [2.24, 2.45) is 5.92 Å². The van der Waals surface area contributed by atoms with E-state index in [4.69, 9.17) is 0 Å². The predicted molar refractivity (Wildman–Crippen MR) is 61.4 cm³/mol. The minimum absolute atomic E-state index is 0.773. The van der Waals surface area contributed by atoms with Crippen molar-refractivity contribution >= 4 is 8.07 Å². The van der Waals surface area contributed by atoms with E-state index in [0.717, 1.165) is 5.92 Å². The van der Waals surface area contributed by atoms with Gasteiger partial charge in [-0.15, -0.1) is 6.58 Å². The molecule has 0 aliphatic heterocycles. The van der Waals surface area contributed by atoms with E-state index in [2.05, 4.69) is 33.1 Å². The van der Waals surface area contributed by atoms with Crippen LogP contribution < -0.4 is 0 Å². The summed E-state index contributed by atoms with van der Waals surface area (Å²) < 4.78 is 0. The first-order chi connectivity index (χ1) is 5.45. The molecular formula is C11H24Si. The smallest absolute Gasteiger partial charge is 0.0442 e. The van der Waals surface area contributed by atoms with Crippen LogP contribution in [0.1, 0.15) is 26.2 Å². The van der Waals surface area contributed by atoms with E-state index in [0.29, 0.717) is 0 Å². The second-order valence-electron chi connectivity index (χ2n) is 5.08. The van der Waals surface area contributed by atoms with Crippen molar-refractivity contribution in [2.75, 3.05) is 0 Å². The van der Waals surface area contributed by atoms with E-state index < -0.39 is 8.07 Å². The monoisotopic (exact) mass is 184 g/mol. The molecule has 0 nitrogen and oxygen atoms in total. The third-order valence-corrected chi connectivity index (χ3v) is 4.05. The van der Waals surface area contributed by atoms with E-state index in [1.54, 1.807) is 0 Å². The molecule has 0 bridgehead atoms. The normalized spacial score (nSPS) is 14.3. The molecule has 0 aromatic heterocycles. The lowest BCUT2D eigenvalue weighted by Gasteiger charge is -2.16. The van der Waals surface area contributed by atoms with Crippen LogP contribution in [0.3, 0.4) is 0 Å². The first-order valence-electron chi connectivity index (χ1n) is 5.06. The Hall–Kier alpha value is -0.0431. The highest BCUT2D eigenvalue weighted by molar-refractivity contribution is 6.76. The van der Waals surface area contributed by atoms with Crippen molar-refractivity contribution in [3.05, 3.63) is 12.7 Å². The van der Waals surface area contributed by atoms with Crippen LogP contribution in [0.2, 0.25) is 25.7 Å². The molecule has 0 heterocycles. The van der Waals surface area contributed by atoms with Crippen molar-refractivity contribution in [3.63, 3.8) is 0 Å². The molecular weight excluding hydrogens is 160 g/mol. The molecule has 12 heavy (non-hydrogen) atoms. The van der Waals surface area contributed by atoms with Crippen LogP contribution >= 0.6 is 0 Å². The molecule has 0 saturated heterocycles. The predicted octanol–water partition coefficient (Wildman–Crippen LogP) is 4.32. The largest absolute Gasteiger partial charge is 0.103 e. The van der Waals surface area contributed by atoms with E-state index in [-0.39, 0.29) is 0 Å². The van der Waals surface area contributed by atoms with Gasteiger partial charge in [-0.3, -0.25) is 0 Å². The van der Waals surface area contributed by atoms with Gasteiger partial charge in [0.2, 0.25) is 0 Å². The molecule has 0 aliphatic carbocycles. The summed E-state index contributed by atoms with van der Waals surface area (Å²) in [6.45, 7) is 13.4. The maximum absolute atomic E-state index is 3.77. The average Bonchev–Trinajstić information content (AvgIpc) is 1.84. The minimum Gasteiger partial charge on any atom is -0.103 e. The Morgan fingerprint density at radius 1 is 1.33 bits per heavy atom. The van der Waals surface area contributed by atoms with Crippen LogP contribution in [-0.2, 0) is 0 Å². The summed E-state index contributed by atoms with van der Waals surface area (Å²) in [5, 5.41) is 0. The molecule has 0 rings (SSSR count). The van der Waals surface area contributed by atoms with Crippen molar-refractivity contribution in [1.82, 2.24) is 0 Å². The molecule has 1 atom stereocenters. The Labute approximate surface area is 79.1 Å². The lowest BCUT2D eigenvalue weighted by molar-refractivity contribution is 0.530. The first-order valence-corrected chi connectivity index (χ1v) is 8.77. The number of hydrogen-bond acceptors (Lipinski definition) is 0. The Morgan fingerprint density at radius 3 is 2.33 bits per heavy atom. The van der Waals surface area contributed by atoms with Gasteiger partial charge in [0.25, 0.3) is 0 Å². The van der Waals surface area contributed by atoms with E-state index in [1.807, 2.05) is 6.08 Å². The standard InChI is InChI=1S/C11H24Si/c1-6-8-11(2)9-7-10-12(3,4)5/h6,11H,1,7-10H2,2-5H3. The fourth-order valence-corrected chi connectivity index (χ4v) is 2.65. The van der Waals surface area contributed by atoms with Gasteiger partial charge >= 0.3 is 0 Å². The van der Waals surface area contributed by atoms with E-state index in [9.17, 15) is 0 Å². The van der Waals surface area contributed by atoms with Gasteiger partial charge in [-0.05, 0) is 12.3 Å². The highest BCUT2D eigenvalue weighted by atomic mass is 28.3. The number of rotatable bonds is 6. The Balaban J connectivity index is 3.36. The molecule has 0 saturated carbocycles. The molecule has 0 radical (unpaired) electrons. The molecule has 72 valence electrons. The lowest BCUT2D eigenvalue weighted by Crippen LogP contribution is -2.18. The van der Waals surface area contributed by atoms with Crippen LogP contribution in [0.15, 0.2) is 12.7 Å². The van der Waals surface area contributed by atoms with E-state index >= 15 is 0 Å². The minimum atomic E-state index is -0.773. The van der Waals surface area contributed by atoms with Crippen molar-refractivity contribution < 1.29 is 0 Å². The molecule has 0 fully saturated rings. The van der Waals surface area contributed by atoms with Gasteiger partial charge in [0, 0.05) is 8.07 Å². The number of hydrogen-bond donors (Lipinski definition) is 0. The summed E-state index contributed by atoms with van der Waals surface area (Å²) in [6.07, 6.45) is 6.03. The summed E-state index contributed by atoms with van der Waals surface area (Å²) in [7, 11) is -0.773. The summed E-state index contributed by atoms with van der Waals surface area (Å²) in [5.41, 5.74) is 0. The highest BCUT2D eigenvalue weighted by Crippen LogP contribution is 2.18. The first kappa shape index (κ1) is 12.0. The fourth-order valence-electron chi connectivity index (χ4n) is 1.38. The van der Waals surface area contributed by atoms with Crippen LogP contribution in [0.5, 0.6) is 0 Å². The molecule has 1 heteroatoms. The molecule has 0 aliphatic rings. The zero-order valence-corrected chi connectivity index (χ0v) is 10.2. The SMILES string of the molecule is C=CCC(C)CCC[Si](C)(C)C.